The predicted molar refractivity (Wildman–Crippen MR) is 73.8 cm³/mol. The van der Waals surface area contributed by atoms with Gasteiger partial charge in [-0.2, -0.15) is 0 Å². The molecule has 0 radical (unpaired) electrons. The molecular weight excluding hydrogens is 224 g/mol. The number of nitrogens with zero attached hydrogens (tertiary/aromatic N) is 1. The normalized spacial score (nSPS) is 11.7. The summed E-state index contributed by atoms with van der Waals surface area (Å²) in [5, 5.41) is 5.18. The third-order valence-corrected chi connectivity index (χ3v) is 2.76. The molecule has 0 fully saturated rings. The highest BCUT2D eigenvalue weighted by Gasteiger charge is 2.14. The van der Waals surface area contributed by atoms with Crippen LogP contribution in [0.4, 0.5) is 0 Å². The molecule has 1 N–H and O–H groups in total. The number of hydrogen-bond acceptors (Lipinski definition) is 3. The van der Waals surface area contributed by atoms with Crippen LogP contribution in [0.3, 0.4) is 0 Å². The van der Waals surface area contributed by atoms with Gasteiger partial charge in [0.1, 0.15) is 0 Å². The van der Waals surface area contributed by atoms with Gasteiger partial charge in [0.05, 0.1) is 6.54 Å². The minimum atomic E-state index is -0.0570. The Balaban J connectivity index is 2.28. The first-order valence-electron chi connectivity index (χ1n) is 6.08. The molecule has 2 rings (SSSR count). The van der Waals surface area contributed by atoms with Gasteiger partial charge in [-0.15, -0.1) is 0 Å². The van der Waals surface area contributed by atoms with Crippen LogP contribution in [0.15, 0.2) is 36.7 Å². The van der Waals surface area contributed by atoms with Crippen LogP contribution >= 0.6 is 0 Å². The molecular formula is C15H18N2O. The third kappa shape index (κ3) is 2.93. The van der Waals surface area contributed by atoms with Crippen LogP contribution in [0.5, 0.6) is 0 Å². The van der Waals surface area contributed by atoms with Crippen LogP contribution in [0.2, 0.25) is 0 Å². The van der Waals surface area contributed by atoms with Crippen molar-refractivity contribution in [3.8, 4) is 0 Å². The zero-order chi connectivity index (χ0) is 13.2. The van der Waals surface area contributed by atoms with Gasteiger partial charge < -0.3 is 5.32 Å². The van der Waals surface area contributed by atoms with Crippen molar-refractivity contribution in [1.29, 1.82) is 0 Å². The lowest BCUT2D eigenvalue weighted by molar-refractivity contribution is 0.0983. The van der Waals surface area contributed by atoms with Gasteiger partial charge in [-0.1, -0.05) is 18.2 Å². The molecule has 0 aliphatic heterocycles. The van der Waals surface area contributed by atoms with Gasteiger partial charge >= 0.3 is 0 Å². The average Bonchev–Trinajstić information content (AvgIpc) is 2.34. The van der Waals surface area contributed by atoms with Gasteiger partial charge in [0.2, 0.25) is 0 Å². The second kappa shape index (κ2) is 4.86. The van der Waals surface area contributed by atoms with E-state index in [0.29, 0.717) is 6.54 Å². The van der Waals surface area contributed by atoms with Crippen molar-refractivity contribution in [3.63, 3.8) is 0 Å². The number of pyridine rings is 1. The van der Waals surface area contributed by atoms with Gasteiger partial charge in [-0.05, 0) is 32.2 Å². The van der Waals surface area contributed by atoms with E-state index in [9.17, 15) is 4.79 Å². The first-order valence-corrected chi connectivity index (χ1v) is 6.08. The Morgan fingerprint density at radius 1 is 1.28 bits per heavy atom. The quantitative estimate of drug-likeness (QED) is 0.841. The maximum atomic E-state index is 12.2. The number of carbonyl (C=O) groups excluding carboxylic acids is 1. The Bertz CT molecular complexity index is 565. The van der Waals surface area contributed by atoms with E-state index in [0.717, 1.165) is 16.3 Å². The number of rotatable bonds is 3. The number of fused-ring (bicyclic) bond motifs is 1. The standard InChI is InChI=1S/C15H18N2O/c1-15(2,3)17-10-14(18)12-6-4-5-11-7-8-16-9-13(11)12/h4-9,17H,10H2,1-3H3. The topological polar surface area (TPSA) is 42.0 Å². The molecule has 94 valence electrons. The van der Waals surface area contributed by atoms with Gasteiger partial charge in [-0.25, -0.2) is 0 Å². The van der Waals surface area contributed by atoms with Crippen molar-refractivity contribution in [2.75, 3.05) is 6.54 Å². The summed E-state index contributed by atoms with van der Waals surface area (Å²) in [5.41, 5.74) is 0.677. The molecule has 3 heteroatoms. The van der Waals surface area contributed by atoms with Gasteiger partial charge in [-0.3, -0.25) is 9.78 Å². The molecule has 0 bridgehead atoms. The van der Waals surface area contributed by atoms with Gasteiger partial charge in [0.25, 0.3) is 0 Å². The highest BCUT2D eigenvalue weighted by molar-refractivity contribution is 6.08. The summed E-state index contributed by atoms with van der Waals surface area (Å²) in [6.07, 6.45) is 3.49. The lowest BCUT2D eigenvalue weighted by atomic mass is 10.0. The second-order valence-corrected chi connectivity index (χ2v) is 5.43. The van der Waals surface area contributed by atoms with Crippen molar-refractivity contribution in [2.45, 2.75) is 26.3 Å². The van der Waals surface area contributed by atoms with Gasteiger partial charge in [0.15, 0.2) is 5.78 Å². The zero-order valence-electron chi connectivity index (χ0n) is 11.0. The number of hydrogen-bond donors (Lipinski definition) is 1. The summed E-state index contributed by atoms with van der Waals surface area (Å²) in [6, 6.07) is 7.68. The molecule has 0 saturated heterocycles. The SMILES string of the molecule is CC(C)(C)NCC(=O)c1cccc2ccncc12. The maximum Gasteiger partial charge on any atom is 0.177 e. The predicted octanol–water partition coefficient (Wildman–Crippen LogP) is 2.81. The Morgan fingerprint density at radius 3 is 2.78 bits per heavy atom. The summed E-state index contributed by atoms with van der Waals surface area (Å²) in [5.74, 6) is 0.100. The molecule has 0 aliphatic rings. The molecule has 2 aromatic rings. The van der Waals surface area contributed by atoms with Crippen molar-refractivity contribution in [3.05, 3.63) is 42.2 Å². The molecule has 18 heavy (non-hydrogen) atoms. The summed E-state index contributed by atoms with van der Waals surface area (Å²) in [7, 11) is 0. The summed E-state index contributed by atoms with van der Waals surface area (Å²) in [4.78, 5) is 16.3. The number of Topliss-reactive ketones (excluding diaryl/α,β-unsaturated/α-hetero) is 1. The van der Waals surface area contributed by atoms with E-state index in [2.05, 4.69) is 10.3 Å². The Morgan fingerprint density at radius 2 is 2.06 bits per heavy atom. The molecule has 1 aromatic heterocycles. The van der Waals surface area contributed by atoms with Crippen LogP contribution in [0, 0.1) is 0 Å². The minimum absolute atomic E-state index is 0.0570. The monoisotopic (exact) mass is 242 g/mol. The van der Waals surface area contributed by atoms with Crippen LogP contribution in [-0.2, 0) is 0 Å². The largest absolute Gasteiger partial charge is 0.305 e. The number of benzene rings is 1. The summed E-state index contributed by atoms with van der Waals surface area (Å²) >= 11 is 0. The summed E-state index contributed by atoms with van der Waals surface area (Å²) < 4.78 is 0. The first kappa shape index (κ1) is 12.7. The number of ketones is 1. The lowest BCUT2D eigenvalue weighted by Crippen LogP contribution is -2.39. The van der Waals surface area contributed by atoms with E-state index in [1.807, 2.05) is 45.0 Å². The third-order valence-electron chi connectivity index (χ3n) is 2.76. The molecule has 0 unspecified atom stereocenters. The number of aromatic nitrogens is 1. The fourth-order valence-electron chi connectivity index (χ4n) is 1.80. The molecule has 0 saturated carbocycles. The maximum absolute atomic E-state index is 12.2. The molecule has 0 atom stereocenters. The smallest absolute Gasteiger partial charge is 0.177 e. The minimum Gasteiger partial charge on any atom is -0.305 e. The highest BCUT2D eigenvalue weighted by atomic mass is 16.1. The number of carbonyl (C=O) groups is 1. The van der Waals surface area contributed by atoms with Crippen molar-refractivity contribution in [1.82, 2.24) is 10.3 Å². The van der Waals surface area contributed by atoms with E-state index >= 15 is 0 Å². The van der Waals surface area contributed by atoms with Crippen molar-refractivity contribution in [2.24, 2.45) is 0 Å². The Kier molecular flexibility index (Phi) is 3.43. The summed E-state index contributed by atoms with van der Waals surface area (Å²) in [6.45, 7) is 6.48. The van der Waals surface area contributed by atoms with Crippen molar-refractivity contribution >= 4 is 16.6 Å². The van der Waals surface area contributed by atoms with Crippen LogP contribution in [-0.4, -0.2) is 22.9 Å². The van der Waals surface area contributed by atoms with Crippen LogP contribution in [0.1, 0.15) is 31.1 Å². The van der Waals surface area contributed by atoms with E-state index < -0.39 is 0 Å². The fraction of sp³-hybridized carbons (Fsp3) is 0.333. The van der Waals surface area contributed by atoms with Crippen LogP contribution in [0.25, 0.3) is 10.8 Å². The molecule has 1 aromatic carbocycles. The molecule has 3 nitrogen and oxygen atoms in total. The van der Waals surface area contributed by atoms with E-state index in [-0.39, 0.29) is 11.3 Å². The van der Waals surface area contributed by atoms with Crippen molar-refractivity contribution < 1.29 is 4.79 Å². The molecule has 0 spiro atoms. The zero-order valence-corrected chi connectivity index (χ0v) is 11.0. The number of nitrogens with one attached hydrogen (secondary N) is 1. The van der Waals surface area contributed by atoms with E-state index in [1.165, 1.54) is 0 Å². The van der Waals surface area contributed by atoms with E-state index in [1.54, 1.807) is 12.4 Å². The van der Waals surface area contributed by atoms with E-state index in [4.69, 9.17) is 0 Å². The van der Waals surface area contributed by atoms with Gasteiger partial charge in [0, 0.05) is 28.9 Å². The molecule has 1 heterocycles. The molecule has 0 aliphatic carbocycles. The Labute approximate surface area is 107 Å². The molecule has 0 amide bonds. The Hall–Kier alpha value is -1.74. The first-order chi connectivity index (χ1) is 8.47. The van der Waals surface area contributed by atoms with Crippen LogP contribution < -0.4 is 5.32 Å². The highest BCUT2D eigenvalue weighted by Crippen LogP contribution is 2.17. The lowest BCUT2D eigenvalue weighted by Gasteiger charge is -2.20. The second-order valence-electron chi connectivity index (χ2n) is 5.43. The fourth-order valence-corrected chi connectivity index (χ4v) is 1.80. The average molecular weight is 242 g/mol.